The summed E-state index contributed by atoms with van der Waals surface area (Å²) in [4.78, 5) is 35.3. The molecular weight excluding hydrogens is 535 g/mol. The Morgan fingerprint density at radius 2 is 2.00 bits per heavy atom. The number of carboxylic acids is 1. The molecule has 2 aliphatic rings. The number of rotatable bonds is 11. The smallest absolute Gasteiger partial charge is 0.360 e. The van der Waals surface area contributed by atoms with E-state index in [1.807, 2.05) is 0 Å². The highest BCUT2D eigenvalue weighted by Gasteiger charge is 2.52. The van der Waals surface area contributed by atoms with E-state index in [0.717, 1.165) is 32.8 Å². The topological polar surface area (TPSA) is 205 Å². The number of ether oxygens (including phenoxy) is 3. The van der Waals surface area contributed by atoms with Crippen molar-refractivity contribution in [1.29, 1.82) is 0 Å². The second-order valence-electron chi connectivity index (χ2n) is 9.29. The Kier molecular flexibility index (Phi) is 8.43. The molecule has 3 heterocycles. The fourth-order valence-electron chi connectivity index (χ4n) is 4.82. The number of methoxy groups -OCH3 is 1. The molecule has 1 aliphatic heterocycles. The lowest BCUT2D eigenvalue weighted by Gasteiger charge is -2.33. The Morgan fingerprint density at radius 3 is 2.62 bits per heavy atom. The maximum atomic E-state index is 12.2. The number of halogens is 1. The van der Waals surface area contributed by atoms with Crippen LogP contribution >= 0.6 is 19.2 Å². The highest BCUT2D eigenvalue weighted by molar-refractivity contribution is 7.53. The zero-order valence-corrected chi connectivity index (χ0v) is 21.6. The van der Waals surface area contributed by atoms with Crippen molar-refractivity contribution in [2.24, 2.45) is 0 Å². The van der Waals surface area contributed by atoms with Crippen LogP contribution in [-0.2, 0) is 23.6 Å². The largest absolute Gasteiger partial charge is 0.481 e. The third kappa shape index (κ3) is 5.77. The number of aliphatic hydroxyl groups is 2. The Balaban J connectivity index is 1.56. The van der Waals surface area contributed by atoms with Crippen LogP contribution in [0.5, 0.6) is 0 Å². The summed E-state index contributed by atoms with van der Waals surface area (Å²) >= 11 is 6.16. The summed E-state index contributed by atoms with van der Waals surface area (Å²) in [5, 5.41) is 35.6. The fourth-order valence-corrected chi connectivity index (χ4v) is 5.86. The van der Waals surface area contributed by atoms with Gasteiger partial charge in [-0.25, -0.2) is 4.52 Å². The van der Waals surface area contributed by atoms with E-state index in [-0.39, 0.29) is 11.3 Å². The van der Waals surface area contributed by atoms with E-state index in [0.29, 0.717) is 17.0 Å². The second kappa shape index (κ2) is 11.1. The van der Waals surface area contributed by atoms with Gasteiger partial charge in [0, 0.05) is 13.2 Å². The number of hydrogen-bond donors (Lipinski definition) is 6. The molecule has 5 atom stereocenters. The molecule has 37 heavy (non-hydrogen) atoms. The van der Waals surface area contributed by atoms with Crippen molar-refractivity contribution in [3.05, 3.63) is 23.1 Å². The molecule has 1 saturated heterocycles. The van der Waals surface area contributed by atoms with Gasteiger partial charge in [-0.2, -0.15) is 4.98 Å². The molecule has 206 valence electrons. The van der Waals surface area contributed by atoms with E-state index < -0.39 is 63.0 Å². The number of aliphatic hydroxyl groups excluding tert-OH is 2. The van der Waals surface area contributed by atoms with Crippen molar-refractivity contribution in [1.82, 2.24) is 14.6 Å². The summed E-state index contributed by atoms with van der Waals surface area (Å²) in [5.74, 6) is -1.00. The van der Waals surface area contributed by atoms with Gasteiger partial charge in [0.05, 0.1) is 25.3 Å². The minimum atomic E-state index is -5.16. The SMILES string of the molecule is COC[C@@](CC(=O)O)(OC[C@H]1O[C@@H](c2ccc3c(NC4CCCC4)nc(Cl)nn23)[C@H](O)[C@@H]1O)P(=O)(O)O. The number of hydrogen-bond acceptors (Lipinski definition) is 10. The number of nitrogens with zero attached hydrogens (tertiary/aromatic N) is 3. The van der Waals surface area contributed by atoms with Crippen LogP contribution in [0, 0.1) is 0 Å². The zero-order chi connectivity index (χ0) is 27.0. The molecule has 0 radical (unpaired) electrons. The standard InChI is InChI=1S/C21H30ClN4O10P/c1-34-10-21(8-15(27)28,37(31,32)33)35-9-14-16(29)17(30)18(36-14)12-6-7-13-19(23-11-4-2-3-5-11)24-20(22)25-26(12)13/h6-7,11,14,16-18,29-30H,2-5,8-10H2,1H3,(H,27,28)(H,23,24,25)(H2,31,32,33)/t14-,16-,17-,18+,21+/m1/s1. The number of fused-ring (bicyclic) bond motifs is 1. The lowest BCUT2D eigenvalue weighted by molar-refractivity contribution is -0.149. The number of aliphatic carboxylic acids is 1. The molecule has 0 aromatic carbocycles. The van der Waals surface area contributed by atoms with Crippen molar-refractivity contribution < 1.29 is 48.7 Å². The average molecular weight is 565 g/mol. The Labute approximate surface area is 216 Å². The van der Waals surface area contributed by atoms with Crippen LogP contribution in [-0.4, -0.2) is 95.7 Å². The van der Waals surface area contributed by atoms with Crippen LogP contribution in [0.4, 0.5) is 5.82 Å². The van der Waals surface area contributed by atoms with Gasteiger partial charge in [-0.05, 0) is 36.6 Å². The third-order valence-corrected chi connectivity index (χ3v) is 8.35. The zero-order valence-electron chi connectivity index (χ0n) is 19.9. The summed E-state index contributed by atoms with van der Waals surface area (Å²) in [5.41, 5.74) is 0.935. The first-order valence-corrected chi connectivity index (χ1v) is 13.7. The van der Waals surface area contributed by atoms with E-state index in [1.54, 1.807) is 12.1 Å². The first-order valence-electron chi connectivity index (χ1n) is 11.7. The molecule has 1 saturated carbocycles. The number of aromatic nitrogens is 3. The van der Waals surface area contributed by atoms with Crippen molar-refractivity contribution in [3.8, 4) is 0 Å². The minimum absolute atomic E-state index is 0.0435. The number of carboxylic acid groups (broad SMARTS) is 1. The van der Waals surface area contributed by atoms with Gasteiger partial charge in [-0.1, -0.05) is 12.8 Å². The van der Waals surface area contributed by atoms with Gasteiger partial charge in [0.25, 0.3) is 0 Å². The molecule has 0 spiro atoms. The van der Waals surface area contributed by atoms with Gasteiger partial charge in [-0.3, -0.25) is 9.36 Å². The molecule has 6 N–H and O–H groups in total. The van der Waals surface area contributed by atoms with Gasteiger partial charge in [-0.15, -0.1) is 5.10 Å². The highest BCUT2D eigenvalue weighted by atomic mass is 35.5. The first-order chi connectivity index (χ1) is 17.5. The second-order valence-corrected chi connectivity index (χ2v) is 11.5. The molecule has 2 aromatic heterocycles. The van der Waals surface area contributed by atoms with E-state index in [4.69, 9.17) is 25.8 Å². The lowest BCUT2D eigenvalue weighted by Crippen LogP contribution is -2.43. The van der Waals surface area contributed by atoms with Crippen molar-refractivity contribution in [3.63, 3.8) is 0 Å². The summed E-state index contributed by atoms with van der Waals surface area (Å²) < 4.78 is 29.6. The van der Waals surface area contributed by atoms with Gasteiger partial charge in [0.2, 0.25) is 10.6 Å². The summed E-state index contributed by atoms with van der Waals surface area (Å²) in [6.45, 7) is -1.36. The summed E-state index contributed by atoms with van der Waals surface area (Å²) in [7, 11) is -4.02. The Hall–Kier alpha value is -1.87. The molecule has 14 nitrogen and oxygen atoms in total. The predicted octanol–water partition coefficient (Wildman–Crippen LogP) is 0.911. The Bertz CT molecular complexity index is 1170. The monoisotopic (exact) mass is 564 g/mol. The van der Waals surface area contributed by atoms with Crippen molar-refractivity contribution in [2.75, 3.05) is 25.6 Å². The predicted molar refractivity (Wildman–Crippen MR) is 128 cm³/mol. The van der Waals surface area contributed by atoms with Gasteiger partial charge >= 0.3 is 13.6 Å². The lowest BCUT2D eigenvalue weighted by atomic mass is 10.1. The Morgan fingerprint density at radius 1 is 1.30 bits per heavy atom. The molecule has 0 unspecified atom stereocenters. The summed E-state index contributed by atoms with van der Waals surface area (Å²) in [6, 6.07) is 3.61. The van der Waals surface area contributed by atoms with Crippen LogP contribution in [0.15, 0.2) is 12.1 Å². The maximum Gasteiger partial charge on any atom is 0.360 e. The van der Waals surface area contributed by atoms with Crippen LogP contribution in [0.3, 0.4) is 0 Å². The van der Waals surface area contributed by atoms with Crippen LogP contribution in [0.25, 0.3) is 5.52 Å². The van der Waals surface area contributed by atoms with E-state index in [1.165, 1.54) is 4.52 Å². The quantitative estimate of drug-likeness (QED) is 0.210. The number of anilines is 1. The van der Waals surface area contributed by atoms with Gasteiger partial charge < -0.3 is 44.6 Å². The third-order valence-electron chi connectivity index (χ3n) is 6.71. The first kappa shape index (κ1) is 28.1. The fraction of sp³-hybridized carbons (Fsp3) is 0.667. The minimum Gasteiger partial charge on any atom is -0.481 e. The molecule has 0 bridgehead atoms. The van der Waals surface area contributed by atoms with E-state index in [9.17, 15) is 34.5 Å². The number of carbonyl (C=O) groups is 1. The maximum absolute atomic E-state index is 12.2. The number of nitrogens with one attached hydrogen (secondary N) is 1. The van der Waals surface area contributed by atoms with Gasteiger partial charge in [0.1, 0.15) is 29.9 Å². The van der Waals surface area contributed by atoms with Crippen molar-refractivity contribution in [2.45, 2.75) is 67.9 Å². The van der Waals surface area contributed by atoms with E-state index in [2.05, 4.69) is 15.4 Å². The van der Waals surface area contributed by atoms with Crippen LogP contribution in [0.2, 0.25) is 5.28 Å². The van der Waals surface area contributed by atoms with Gasteiger partial charge in [0.15, 0.2) is 5.82 Å². The van der Waals surface area contributed by atoms with Crippen molar-refractivity contribution >= 4 is 36.5 Å². The average Bonchev–Trinajstić information content (AvgIpc) is 3.52. The molecule has 2 aromatic rings. The van der Waals surface area contributed by atoms with Crippen LogP contribution < -0.4 is 5.32 Å². The normalized spacial score (nSPS) is 26.5. The molecule has 2 fully saturated rings. The summed E-state index contributed by atoms with van der Waals surface area (Å²) in [6.07, 6.45) is -2.18. The van der Waals surface area contributed by atoms with Crippen LogP contribution in [0.1, 0.15) is 43.9 Å². The molecular formula is C21H30ClN4O10P. The molecule has 4 rings (SSSR count). The van der Waals surface area contributed by atoms with E-state index >= 15 is 0 Å². The molecule has 0 amide bonds. The molecule has 1 aliphatic carbocycles. The highest BCUT2D eigenvalue weighted by Crippen LogP contribution is 2.54. The molecule has 16 heteroatoms.